The van der Waals surface area contributed by atoms with Crippen molar-refractivity contribution in [3.8, 4) is 5.88 Å². The average Bonchev–Trinajstić information content (AvgIpc) is 2.31. The summed E-state index contributed by atoms with van der Waals surface area (Å²) in [7, 11) is 1.53. The van der Waals surface area contributed by atoms with E-state index in [1.807, 2.05) is 0 Å². The maximum Gasteiger partial charge on any atom is 0.225 e. The number of ether oxygens (including phenoxy) is 1. The number of nitrogens with one attached hydrogen (secondary N) is 1. The largest absolute Gasteiger partial charge is 0.481 e. The molecule has 6 nitrogen and oxygen atoms in total. The van der Waals surface area contributed by atoms with Crippen LogP contribution in [0, 0.1) is 0 Å². The van der Waals surface area contributed by atoms with Crippen molar-refractivity contribution < 1.29 is 9.84 Å². The number of methoxy groups -OCH3 is 1. The standard InChI is InChI=1S/C11H18N4O2/c1-17-10-6-9(14-11(12)15-10)13-7-4-2-3-5-8(7)16/h6-8,16H,2-5H2,1H3,(H3,12,13,14,15). The third-order valence-electron chi connectivity index (χ3n) is 2.99. The highest BCUT2D eigenvalue weighted by atomic mass is 16.5. The van der Waals surface area contributed by atoms with Crippen LogP contribution < -0.4 is 15.8 Å². The highest BCUT2D eigenvalue weighted by Gasteiger charge is 2.23. The van der Waals surface area contributed by atoms with Crippen LogP contribution in [-0.4, -0.2) is 34.3 Å². The summed E-state index contributed by atoms with van der Waals surface area (Å²) < 4.78 is 5.02. The minimum absolute atomic E-state index is 0.0303. The molecule has 0 spiro atoms. The maximum absolute atomic E-state index is 9.86. The third kappa shape index (κ3) is 2.97. The molecule has 1 heterocycles. The highest BCUT2D eigenvalue weighted by molar-refractivity contribution is 5.43. The van der Waals surface area contributed by atoms with Gasteiger partial charge in [-0.2, -0.15) is 9.97 Å². The lowest BCUT2D eigenvalue weighted by Gasteiger charge is -2.28. The van der Waals surface area contributed by atoms with Crippen molar-refractivity contribution in [3.63, 3.8) is 0 Å². The summed E-state index contributed by atoms with van der Waals surface area (Å²) in [4.78, 5) is 7.98. The Hall–Kier alpha value is -1.56. The topological polar surface area (TPSA) is 93.3 Å². The number of rotatable bonds is 3. The molecular weight excluding hydrogens is 220 g/mol. The van der Waals surface area contributed by atoms with Crippen LogP contribution in [0.5, 0.6) is 5.88 Å². The smallest absolute Gasteiger partial charge is 0.225 e. The number of anilines is 2. The molecule has 17 heavy (non-hydrogen) atoms. The summed E-state index contributed by atoms with van der Waals surface area (Å²) in [6.45, 7) is 0. The van der Waals surface area contributed by atoms with Crippen molar-refractivity contribution in [2.75, 3.05) is 18.2 Å². The zero-order valence-corrected chi connectivity index (χ0v) is 9.89. The fraction of sp³-hybridized carbons (Fsp3) is 0.636. The van der Waals surface area contributed by atoms with Gasteiger partial charge in [-0.05, 0) is 12.8 Å². The molecule has 1 aliphatic rings. The van der Waals surface area contributed by atoms with Crippen molar-refractivity contribution in [1.29, 1.82) is 0 Å². The maximum atomic E-state index is 9.86. The van der Waals surface area contributed by atoms with Crippen molar-refractivity contribution in [2.24, 2.45) is 0 Å². The molecule has 0 radical (unpaired) electrons. The molecule has 2 unspecified atom stereocenters. The molecule has 0 aliphatic heterocycles. The molecule has 2 atom stereocenters. The van der Waals surface area contributed by atoms with Gasteiger partial charge in [0, 0.05) is 6.07 Å². The van der Waals surface area contributed by atoms with Crippen LogP contribution in [0.4, 0.5) is 11.8 Å². The first-order valence-corrected chi connectivity index (χ1v) is 5.82. The molecule has 2 rings (SSSR count). The second-order valence-corrected chi connectivity index (χ2v) is 4.26. The van der Waals surface area contributed by atoms with Crippen LogP contribution in [0.2, 0.25) is 0 Å². The summed E-state index contributed by atoms with van der Waals surface area (Å²) in [5.41, 5.74) is 5.57. The average molecular weight is 238 g/mol. The van der Waals surface area contributed by atoms with Gasteiger partial charge in [-0.1, -0.05) is 12.8 Å². The molecule has 0 bridgehead atoms. The van der Waals surface area contributed by atoms with Gasteiger partial charge in [0.15, 0.2) is 0 Å². The normalized spacial score (nSPS) is 24.4. The molecule has 0 amide bonds. The molecule has 1 saturated carbocycles. The lowest BCUT2D eigenvalue weighted by molar-refractivity contribution is 0.116. The predicted octanol–water partition coefficient (Wildman–Crippen LogP) is 0.783. The Labute approximate surface area is 100 Å². The van der Waals surface area contributed by atoms with E-state index in [1.165, 1.54) is 7.11 Å². The first kappa shape index (κ1) is 11.9. The number of aliphatic hydroxyl groups excluding tert-OH is 1. The van der Waals surface area contributed by atoms with Crippen LogP contribution in [0.3, 0.4) is 0 Å². The number of nitrogens with two attached hydrogens (primary N) is 1. The quantitative estimate of drug-likeness (QED) is 0.720. The number of nitrogen functional groups attached to an aromatic ring is 1. The van der Waals surface area contributed by atoms with Gasteiger partial charge >= 0.3 is 0 Å². The van der Waals surface area contributed by atoms with Gasteiger partial charge in [-0.3, -0.25) is 0 Å². The van der Waals surface area contributed by atoms with Gasteiger partial charge in [0.1, 0.15) is 5.82 Å². The lowest BCUT2D eigenvalue weighted by Crippen LogP contribution is -2.36. The first-order chi connectivity index (χ1) is 8.19. The number of aliphatic hydroxyl groups is 1. The minimum atomic E-state index is -0.328. The van der Waals surface area contributed by atoms with Gasteiger partial charge < -0.3 is 20.9 Å². The van der Waals surface area contributed by atoms with E-state index in [-0.39, 0.29) is 18.1 Å². The Morgan fingerprint density at radius 1 is 1.41 bits per heavy atom. The van der Waals surface area contributed by atoms with E-state index in [0.29, 0.717) is 11.7 Å². The molecule has 1 aliphatic carbocycles. The van der Waals surface area contributed by atoms with E-state index in [4.69, 9.17) is 10.5 Å². The Morgan fingerprint density at radius 3 is 2.88 bits per heavy atom. The van der Waals surface area contributed by atoms with E-state index in [2.05, 4.69) is 15.3 Å². The molecule has 1 aromatic rings. The van der Waals surface area contributed by atoms with E-state index in [1.54, 1.807) is 6.07 Å². The summed E-state index contributed by atoms with van der Waals surface area (Å²) in [5.74, 6) is 1.18. The van der Waals surface area contributed by atoms with Gasteiger partial charge in [0.2, 0.25) is 11.8 Å². The summed E-state index contributed by atoms with van der Waals surface area (Å²) in [6.07, 6.45) is 3.63. The Morgan fingerprint density at radius 2 is 2.18 bits per heavy atom. The van der Waals surface area contributed by atoms with Gasteiger partial charge in [0.25, 0.3) is 0 Å². The summed E-state index contributed by atoms with van der Waals surface area (Å²) >= 11 is 0. The zero-order chi connectivity index (χ0) is 12.3. The van der Waals surface area contributed by atoms with Crippen molar-refractivity contribution >= 4 is 11.8 Å². The number of nitrogens with zero attached hydrogens (tertiary/aromatic N) is 2. The van der Waals surface area contributed by atoms with Crippen LogP contribution >= 0.6 is 0 Å². The molecular formula is C11H18N4O2. The monoisotopic (exact) mass is 238 g/mol. The molecule has 0 aromatic carbocycles. The third-order valence-corrected chi connectivity index (χ3v) is 2.99. The number of hydrogen-bond donors (Lipinski definition) is 3. The van der Waals surface area contributed by atoms with Crippen molar-refractivity contribution in [1.82, 2.24) is 9.97 Å². The Bertz CT molecular complexity index is 386. The molecule has 1 aromatic heterocycles. The minimum Gasteiger partial charge on any atom is -0.481 e. The van der Waals surface area contributed by atoms with E-state index < -0.39 is 0 Å². The molecule has 4 N–H and O–H groups in total. The van der Waals surface area contributed by atoms with Crippen LogP contribution in [0.15, 0.2) is 6.07 Å². The number of hydrogen-bond acceptors (Lipinski definition) is 6. The van der Waals surface area contributed by atoms with Crippen molar-refractivity contribution in [2.45, 2.75) is 37.8 Å². The van der Waals surface area contributed by atoms with Crippen molar-refractivity contribution in [3.05, 3.63) is 6.07 Å². The molecule has 6 heteroatoms. The summed E-state index contributed by atoms with van der Waals surface area (Å²) in [5, 5.41) is 13.0. The Balaban J connectivity index is 2.09. The van der Waals surface area contributed by atoms with E-state index >= 15 is 0 Å². The highest BCUT2D eigenvalue weighted by Crippen LogP contribution is 2.23. The van der Waals surface area contributed by atoms with Crippen LogP contribution in [0.25, 0.3) is 0 Å². The van der Waals surface area contributed by atoms with Gasteiger partial charge in [-0.25, -0.2) is 0 Å². The fourth-order valence-electron chi connectivity index (χ4n) is 2.09. The van der Waals surface area contributed by atoms with Crippen LogP contribution in [0.1, 0.15) is 25.7 Å². The first-order valence-electron chi connectivity index (χ1n) is 5.82. The summed E-state index contributed by atoms with van der Waals surface area (Å²) in [6, 6.07) is 1.71. The van der Waals surface area contributed by atoms with Gasteiger partial charge in [-0.15, -0.1) is 0 Å². The van der Waals surface area contributed by atoms with E-state index in [9.17, 15) is 5.11 Å². The number of aromatic nitrogens is 2. The second-order valence-electron chi connectivity index (χ2n) is 4.26. The van der Waals surface area contributed by atoms with Gasteiger partial charge in [0.05, 0.1) is 19.3 Å². The lowest BCUT2D eigenvalue weighted by atomic mass is 9.93. The van der Waals surface area contributed by atoms with Crippen LogP contribution in [-0.2, 0) is 0 Å². The second kappa shape index (κ2) is 5.18. The predicted molar refractivity (Wildman–Crippen MR) is 64.9 cm³/mol. The molecule has 0 saturated heterocycles. The SMILES string of the molecule is COc1cc(NC2CCCCC2O)nc(N)n1. The molecule has 94 valence electrons. The van der Waals surface area contributed by atoms with E-state index in [0.717, 1.165) is 25.7 Å². The fourth-order valence-corrected chi connectivity index (χ4v) is 2.09. The molecule has 1 fully saturated rings. The zero-order valence-electron chi connectivity index (χ0n) is 9.89. The Kier molecular flexibility index (Phi) is 3.63.